The van der Waals surface area contributed by atoms with E-state index in [0.29, 0.717) is 38.8 Å². The third kappa shape index (κ3) is 2.89. The summed E-state index contributed by atoms with van der Waals surface area (Å²) in [5.41, 5.74) is -0.0816. The van der Waals surface area contributed by atoms with Crippen molar-refractivity contribution in [3.05, 3.63) is 71.5 Å². The number of rotatable bonds is 4. The van der Waals surface area contributed by atoms with Crippen LogP contribution in [0.15, 0.2) is 54.6 Å². The van der Waals surface area contributed by atoms with E-state index < -0.39 is 16.8 Å². The van der Waals surface area contributed by atoms with Gasteiger partial charge >= 0.3 is 5.97 Å². The molecule has 1 heterocycles. The molecule has 1 amide bonds. The summed E-state index contributed by atoms with van der Waals surface area (Å²) in [4.78, 5) is 27.3. The van der Waals surface area contributed by atoms with Gasteiger partial charge in [0.15, 0.2) is 0 Å². The van der Waals surface area contributed by atoms with E-state index in [0.717, 1.165) is 17.5 Å². The minimum Gasteiger partial charge on any atom is -0.481 e. The van der Waals surface area contributed by atoms with Crippen LogP contribution in [0.3, 0.4) is 0 Å². The molecule has 2 aromatic carbocycles. The van der Waals surface area contributed by atoms with Gasteiger partial charge in [0.05, 0.1) is 10.8 Å². The van der Waals surface area contributed by atoms with Crippen molar-refractivity contribution in [1.29, 1.82) is 0 Å². The zero-order chi connectivity index (χ0) is 19.8. The van der Waals surface area contributed by atoms with Crippen molar-refractivity contribution >= 4 is 11.9 Å². The lowest BCUT2D eigenvalue weighted by molar-refractivity contribution is -0.151. The molecule has 5 heteroatoms. The Morgan fingerprint density at radius 3 is 2.04 bits per heavy atom. The predicted octanol–water partition coefficient (Wildman–Crippen LogP) is 3.89. The highest BCUT2D eigenvalue weighted by molar-refractivity contribution is 5.90. The Kier molecular flexibility index (Phi) is 4.69. The van der Waals surface area contributed by atoms with Gasteiger partial charge in [-0.25, -0.2) is 4.39 Å². The lowest BCUT2D eigenvalue weighted by atomic mass is 9.63. The molecule has 2 fully saturated rings. The molecule has 0 aromatic heterocycles. The quantitative estimate of drug-likeness (QED) is 0.874. The van der Waals surface area contributed by atoms with Crippen LogP contribution in [0.5, 0.6) is 0 Å². The standard InChI is InChI=1S/C23H24FNO3/c24-19-9-4-8-18(16-19)22(10-5-11-22)20(26)25-14-12-23(13-15-25,21(27)28)17-6-2-1-3-7-17/h1-4,6-9,16H,5,10-15H2,(H,27,28). The van der Waals surface area contributed by atoms with Crippen molar-refractivity contribution in [2.45, 2.75) is 42.9 Å². The maximum atomic E-state index is 13.8. The molecule has 2 aromatic rings. The molecule has 146 valence electrons. The maximum absolute atomic E-state index is 13.8. The molecule has 28 heavy (non-hydrogen) atoms. The van der Waals surface area contributed by atoms with Crippen LogP contribution >= 0.6 is 0 Å². The number of hydrogen-bond acceptors (Lipinski definition) is 2. The molecule has 1 aliphatic heterocycles. The first-order chi connectivity index (χ1) is 13.5. The van der Waals surface area contributed by atoms with Crippen molar-refractivity contribution in [1.82, 2.24) is 4.90 Å². The van der Waals surface area contributed by atoms with Crippen LogP contribution in [0.4, 0.5) is 4.39 Å². The molecular weight excluding hydrogens is 357 g/mol. The number of carboxylic acid groups (broad SMARTS) is 1. The average molecular weight is 381 g/mol. The van der Waals surface area contributed by atoms with Gasteiger partial charge in [0.2, 0.25) is 5.91 Å². The van der Waals surface area contributed by atoms with E-state index in [2.05, 4.69) is 0 Å². The molecule has 0 radical (unpaired) electrons. The monoisotopic (exact) mass is 381 g/mol. The van der Waals surface area contributed by atoms with Gasteiger partial charge in [-0.2, -0.15) is 0 Å². The summed E-state index contributed by atoms with van der Waals surface area (Å²) in [6, 6.07) is 15.6. The lowest BCUT2D eigenvalue weighted by Crippen LogP contribution is -2.56. The molecule has 4 rings (SSSR count). The first kappa shape index (κ1) is 18.7. The highest BCUT2D eigenvalue weighted by atomic mass is 19.1. The highest BCUT2D eigenvalue weighted by Crippen LogP contribution is 2.46. The summed E-state index contributed by atoms with van der Waals surface area (Å²) in [5, 5.41) is 9.95. The number of carboxylic acids is 1. The van der Waals surface area contributed by atoms with E-state index in [-0.39, 0.29) is 11.7 Å². The second kappa shape index (κ2) is 7.04. The fraction of sp³-hybridized carbons (Fsp3) is 0.391. The van der Waals surface area contributed by atoms with Gasteiger partial charge in [-0.05, 0) is 48.9 Å². The Morgan fingerprint density at radius 1 is 0.857 bits per heavy atom. The SMILES string of the molecule is O=C(O)C1(c2ccccc2)CCN(C(=O)C2(c3cccc(F)c3)CCC2)CC1. The summed E-state index contributed by atoms with van der Waals surface area (Å²) in [5.74, 6) is -1.16. The Bertz CT molecular complexity index is 884. The van der Waals surface area contributed by atoms with Crippen LogP contribution < -0.4 is 0 Å². The number of nitrogens with zero attached hydrogens (tertiary/aromatic N) is 1. The topological polar surface area (TPSA) is 57.6 Å². The number of aliphatic carboxylic acids is 1. The summed E-state index contributed by atoms with van der Waals surface area (Å²) < 4.78 is 13.8. The van der Waals surface area contributed by atoms with Crippen LogP contribution in [0.2, 0.25) is 0 Å². The number of amides is 1. The van der Waals surface area contributed by atoms with Crippen LogP contribution in [0.1, 0.15) is 43.2 Å². The minimum atomic E-state index is -0.955. The predicted molar refractivity (Wildman–Crippen MR) is 103 cm³/mol. The molecule has 4 nitrogen and oxygen atoms in total. The second-order valence-corrected chi connectivity index (χ2v) is 7.99. The number of hydrogen-bond donors (Lipinski definition) is 1. The summed E-state index contributed by atoms with van der Waals surface area (Å²) in [6.45, 7) is 0.800. The number of likely N-dealkylation sites (tertiary alicyclic amines) is 1. The molecule has 1 saturated carbocycles. The minimum absolute atomic E-state index is 0.0106. The van der Waals surface area contributed by atoms with Crippen LogP contribution in [0, 0.1) is 5.82 Å². The number of piperidine rings is 1. The maximum Gasteiger partial charge on any atom is 0.314 e. The number of carbonyl (C=O) groups excluding carboxylic acids is 1. The Balaban J connectivity index is 1.56. The second-order valence-electron chi connectivity index (χ2n) is 7.99. The van der Waals surface area contributed by atoms with Crippen molar-refractivity contribution in [2.75, 3.05) is 13.1 Å². The number of carbonyl (C=O) groups is 2. The molecule has 0 unspecified atom stereocenters. The van der Waals surface area contributed by atoms with E-state index >= 15 is 0 Å². The van der Waals surface area contributed by atoms with E-state index in [1.165, 1.54) is 12.1 Å². The van der Waals surface area contributed by atoms with Gasteiger partial charge in [-0.1, -0.05) is 48.9 Å². The smallest absolute Gasteiger partial charge is 0.314 e. The highest BCUT2D eigenvalue weighted by Gasteiger charge is 2.50. The number of halogens is 1. The molecule has 2 aliphatic rings. The lowest BCUT2D eigenvalue weighted by Gasteiger charge is -2.47. The molecule has 1 N–H and O–H groups in total. The van der Waals surface area contributed by atoms with Crippen molar-refractivity contribution < 1.29 is 19.1 Å². The Hall–Kier alpha value is -2.69. The first-order valence-corrected chi connectivity index (χ1v) is 9.82. The normalized spacial score (nSPS) is 20.2. The molecule has 0 bridgehead atoms. The average Bonchev–Trinajstić information content (AvgIpc) is 2.68. The van der Waals surface area contributed by atoms with Gasteiger partial charge in [0, 0.05) is 13.1 Å². The first-order valence-electron chi connectivity index (χ1n) is 9.82. The van der Waals surface area contributed by atoms with Gasteiger partial charge < -0.3 is 10.0 Å². The molecule has 0 atom stereocenters. The molecule has 1 saturated heterocycles. The zero-order valence-corrected chi connectivity index (χ0v) is 15.7. The van der Waals surface area contributed by atoms with Crippen LogP contribution in [-0.2, 0) is 20.4 Å². The van der Waals surface area contributed by atoms with Gasteiger partial charge in [-0.3, -0.25) is 9.59 Å². The van der Waals surface area contributed by atoms with E-state index in [1.54, 1.807) is 11.0 Å². The third-order valence-electron chi connectivity index (χ3n) is 6.63. The Morgan fingerprint density at radius 2 is 1.50 bits per heavy atom. The van der Waals surface area contributed by atoms with E-state index in [4.69, 9.17) is 0 Å². The Labute approximate surface area is 164 Å². The van der Waals surface area contributed by atoms with Crippen molar-refractivity contribution in [2.24, 2.45) is 0 Å². The van der Waals surface area contributed by atoms with E-state index in [1.807, 2.05) is 36.4 Å². The zero-order valence-electron chi connectivity index (χ0n) is 15.7. The van der Waals surface area contributed by atoms with Gasteiger partial charge in [-0.15, -0.1) is 0 Å². The van der Waals surface area contributed by atoms with Gasteiger partial charge in [0.25, 0.3) is 0 Å². The van der Waals surface area contributed by atoms with Crippen molar-refractivity contribution in [3.8, 4) is 0 Å². The van der Waals surface area contributed by atoms with E-state index in [9.17, 15) is 19.1 Å². The molecular formula is C23H24FNO3. The fourth-order valence-corrected chi connectivity index (χ4v) is 4.72. The van der Waals surface area contributed by atoms with Crippen molar-refractivity contribution in [3.63, 3.8) is 0 Å². The van der Waals surface area contributed by atoms with Crippen LogP contribution in [-0.4, -0.2) is 35.0 Å². The molecule has 1 aliphatic carbocycles. The third-order valence-corrected chi connectivity index (χ3v) is 6.63. The summed E-state index contributed by atoms with van der Waals surface area (Å²) in [6.07, 6.45) is 3.15. The largest absolute Gasteiger partial charge is 0.481 e. The number of benzene rings is 2. The summed E-state index contributed by atoms with van der Waals surface area (Å²) >= 11 is 0. The fourth-order valence-electron chi connectivity index (χ4n) is 4.72. The van der Waals surface area contributed by atoms with Crippen LogP contribution in [0.25, 0.3) is 0 Å². The summed E-state index contributed by atoms with van der Waals surface area (Å²) in [7, 11) is 0. The molecule has 0 spiro atoms. The van der Waals surface area contributed by atoms with Gasteiger partial charge in [0.1, 0.15) is 5.82 Å².